The first-order valence-electron chi connectivity index (χ1n) is 8.15. The summed E-state index contributed by atoms with van der Waals surface area (Å²) in [5.74, 6) is 0.512. The van der Waals surface area contributed by atoms with E-state index in [1.807, 2.05) is 42.5 Å². The molecule has 2 N–H and O–H groups in total. The number of halogens is 2. The summed E-state index contributed by atoms with van der Waals surface area (Å²) in [5.41, 5.74) is 1.48. The lowest BCUT2D eigenvalue weighted by Crippen LogP contribution is -2.40. The van der Waals surface area contributed by atoms with Crippen molar-refractivity contribution in [2.45, 2.75) is 19.0 Å². The molecule has 0 saturated heterocycles. The minimum absolute atomic E-state index is 0.221. The van der Waals surface area contributed by atoms with Gasteiger partial charge in [-0.15, -0.1) is 0 Å². The zero-order valence-corrected chi connectivity index (χ0v) is 15.6. The van der Waals surface area contributed by atoms with E-state index in [1.54, 1.807) is 31.4 Å². The van der Waals surface area contributed by atoms with Gasteiger partial charge in [-0.2, -0.15) is 0 Å². The maximum atomic E-state index is 12.6. The highest BCUT2D eigenvalue weighted by Gasteiger charge is 2.23. The fourth-order valence-corrected chi connectivity index (χ4v) is 2.94. The third-order valence-electron chi connectivity index (χ3n) is 3.96. The molecule has 1 aromatic heterocycles. The third kappa shape index (κ3) is 4.47. The maximum Gasteiger partial charge on any atom is 0.241 e. The molecule has 0 aliphatic heterocycles. The number of carbonyl (C=O) groups excluding carboxylic acids is 1. The van der Waals surface area contributed by atoms with Gasteiger partial charge >= 0.3 is 0 Å². The molecule has 6 heteroatoms. The molecule has 0 saturated carbocycles. The Morgan fingerprint density at radius 3 is 2.50 bits per heavy atom. The molecule has 0 radical (unpaired) electrons. The maximum absolute atomic E-state index is 12.6. The smallest absolute Gasteiger partial charge is 0.241 e. The molecule has 26 heavy (non-hydrogen) atoms. The van der Waals surface area contributed by atoms with E-state index >= 15 is 0 Å². The lowest BCUT2D eigenvalue weighted by Gasteiger charge is -2.22. The van der Waals surface area contributed by atoms with E-state index in [0.717, 1.165) is 11.3 Å². The highest BCUT2D eigenvalue weighted by Crippen LogP contribution is 2.26. The second-order valence-electron chi connectivity index (χ2n) is 5.86. The van der Waals surface area contributed by atoms with Gasteiger partial charge in [-0.3, -0.25) is 10.1 Å². The largest absolute Gasteiger partial charge is 0.467 e. The number of anilines is 1. The van der Waals surface area contributed by atoms with E-state index < -0.39 is 6.04 Å². The quantitative estimate of drug-likeness (QED) is 0.602. The molecule has 0 spiro atoms. The minimum atomic E-state index is -0.500. The number of hydrogen-bond acceptors (Lipinski definition) is 3. The second kappa shape index (κ2) is 8.41. The number of amides is 1. The Hall–Kier alpha value is -2.27. The summed E-state index contributed by atoms with van der Waals surface area (Å²) >= 11 is 12.1. The van der Waals surface area contributed by atoms with Crippen LogP contribution in [0, 0.1) is 0 Å². The lowest BCUT2D eigenvalue weighted by atomic mass is 10.0. The Bertz CT molecular complexity index is 867. The van der Waals surface area contributed by atoms with Crippen LogP contribution in [0.2, 0.25) is 10.0 Å². The van der Waals surface area contributed by atoms with Gasteiger partial charge in [0.25, 0.3) is 0 Å². The molecule has 3 aromatic rings. The molecule has 0 fully saturated rings. The fourth-order valence-electron chi connectivity index (χ4n) is 2.60. The molecule has 4 nitrogen and oxygen atoms in total. The predicted molar refractivity (Wildman–Crippen MR) is 105 cm³/mol. The molecule has 1 amide bonds. The highest BCUT2D eigenvalue weighted by molar-refractivity contribution is 6.35. The number of nitrogens with one attached hydrogen (secondary N) is 2. The number of rotatable bonds is 6. The van der Waals surface area contributed by atoms with Crippen molar-refractivity contribution in [3.05, 3.63) is 88.3 Å². The van der Waals surface area contributed by atoms with Crippen LogP contribution in [0.25, 0.3) is 0 Å². The molecule has 0 unspecified atom stereocenters. The van der Waals surface area contributed by atoms with Crippen molar-refractivity contribution in [1.29, 1.82) is 0 Å². The van der Waals surface area contributed by atoms with Crippen LogP contribution in [-0.2, 0) is 4.79 Å². The third-order valence-corrected chi connectivity index (χ3v) is 4.52. The van der Waals surface area contributed by atoms with Crippen molar-refractivity contribution >= 4 is 34.8 Å². The lowest BCUT2D eigenvalue weighted by molar-refractivity contribution is -0.117. The number of furan rings is 1. The molecule has 3 rings (SSSR count). The summed E-state index contributed by atoms with van der Waals surface area (Å²) in [6.45, 7) is 1.78. The highest BCUT2D eigenvalue weighted by atomic mass is 35.5. The average molecular weight is 389 g/mol. The Labute approximate surface area is 162 Å². The molecule has 0 bridgehead atoms. The Morgan fingerprint density at radius 1 is 1.04 bits per heavy atom. The van der Waals surface area contributed by atoms with E-state index in [0.29, 0.717) is 15.7 Å². The Balaban J connectivity index is 1.76. The minimum Gasteiger partial charge on any atom is -0.467 e. The van der Waals surface area contributed by atoms with Gasteiger partial charge in [-0.1, -0.05) is 53.5 Å². The topological polar surface area (TPSA) is 54.3 Å². The van der Waals surface area contributed by atoms with Crippen molar-refractivity contribution in [2.24, 2.45) is 0 Å². The van der Waals surface area contributed by atoms with Gasteiger partial charge in [0.2, 0.25) is 5.91 Å². The van der Waals surface area contributed by atoms with Gasteiger partial charge in [0.1, 0.15) is 5.76 Å². The first-order chi connectivity index (χ1) is 12.5. The molecule has 1 heterocycles. The van der Waals surface area contributed by atoms with Crippen LogP contribution in [0.5, 0.6) is 0 Å². The molecular weight excluding hydrogens is 371 g/mol. The summed E-state index contributed by atoms with van der Waals surface area (Å²) < 4.78 is 5.55. The summed E-state index contributed by atoms with van der Waals surface area (Å²) in [7, 11) is 0. The van der Waals surface area contributed by atoms with Crippen LogP contribution in [0.4, 0.5) is 5.69 Å². The van der Waals surface area contributed by atoms with Crippen LogP contribution in [0.3, 0.4) is 0 Å². The van der Waals surface area contributed by atoms with Gasteiger partial charge in [-0.05, 0) is 42.8 Å². The zero-order valence-electron chi connectivity index (χ0n) is 14.1. The fraction of sp³-hybridized carbons (Fsp3) is 0.150. The molecular formula is C20H18Cl2N2O2. The molecule has 0 aliphatic rings. The molecule has 2 aromatic carbocycles. The van der Waals surface area contributed by atoms with Crippen molar-refractivity contribution in [3.63, 3.8) is 0 Å². The first-order valence-corrected chi connectivity index (χ1v) is 8.90. The summed E-state index contributed by atoms with van der Waals surface area (Å²) in [6.07, 6.45) is 1.61. The van der Waals surface area contributed by atoms with Crippen LogP contribution in [0.1, 0.15) is 24.3 Å². The number of hydrogen-bond donors (Lipinski definition) is 2. The van der Waals surface area contributed by atoms with Gasteiger partial charge < -0.3 is 9.73 Å². The molecule has 134 valence electrons. The van der Waals surface area contributed by atoms with Crippen LogP contribution < -0.4 is 10.6 Å². The number of benzene rings is 2. The van der Waals surface area contributed by atoms with Crippen LogP contribution in [-0.4, -0.2) is 11.9 Å². The normalized spacial score (nSPS) is 13.2. The van der Waals surface area contributed by atoms with E-state index in [4.69, 9.17) is 27.6 Å². The standard InChI is InChI=1S/C20H18Cl2N2O2/c1-13(20(25)24-17-12-15(21)9-10-16(17)22)23-19(18-8-5-11-26-18)14-6-3-2-4-7-14/h2-13,19,23H,1H3,(H,24,25)/t13-,19-/m0/s1. The Morgan fingerprint density at radius 2 is 1.81 bits per heavy atom. The van der Waals surface area contributed by atoms with Crippen molar-refractivity contribution in [3.8, 4) is 0 Å². The van der Waals surface area contributed by atoms with Gasteiger partial charge in [0.15, 0.2) is 0 Å². The zero-order chi connectivity index (χ0) is 18.5. The van der Waals surface area contributed by atoms with E-state index in [9.17, 15) is 4.79 Å². The van der Waals surface area contributed by atoms with Crippen molar-refractivity contribution in [1.82, 2.24) is 5.32 Å². The van der Waals surface area contributed by atoms with Crippen LogP contribution in [0.15, 0.2) is 71.3 Å². The Kier molecular flexibility index (Phi) is 5.99. The summed E-state index contributed by atoms with van der Waals surface area (Å²) in [4.78, 5) is 12.6. The van der Waals surface area contributed by atoms with Crippen molar-refractivity contribution < 1.29 is 9.21 Å². The van der Waals surface area contributed by atoms with E-state index in [1.165, 1.54) is 0 Å². The predicted octanol–water partition coefficient (Wildman–Crippen LogP) is 5.29. The van der Waals surface area contributed by atoms with E-state index in [-0.39, 0.29) is 11.9 Å². The first kappa shape index (κ1) is 18.5. The second-order valence-corrected chi connectivity index (χ2v) is 6.70. The summed E-state index contributed by atoms with van der Waals surface area (Å²) in [5, 5.41) is 7.05. The molecule has 2 atom stereocenters. The monoisotopic (exact) mass is 388 g/mol. The van der Waals surface area contributed by atoms with Gasteiger partial charge in [0.05, 0.1) is 29.1 Å². The van der Waals surface area contributed by atoms with Crippen LogP contribution >= 0.6 is 23.2 Å². The van der Waals surface area contributed by atoms with E-state index in [2.05, 4.69) is 10.6 Å². The van der Waals surface area contributed by atoms with Crippen molar-refractivity contribution in [2.75, 3.05) is 5.32 Å². The molecule has 0 aliphatic carbocycles. The van der Waals surface area contributed by atoms with Gasteiger partial charge in [0, 0.05) is 5.02 Å². The van der Waals surface area contributed by atoms with Gasteiger partial charge in [-0.25, -0.2) is 0 Å². The SMILES string of the molecule is C[C@H](N[C@@H](c1ccccc1)c1ccco1)C(=O)Nc1cc(Cl)ccc1Cl. The average Bonchev–Trinajstić information content (AvgIpc) is 3.17. The summed E-state index contributed by atoms with van der Waals surface area (Å²) in [6, 6.07) is 17.7. The number of carbonyl (C=O) groups is 1.